The second kappa shape index (κ2) is 13.5. The number of carbonyl (C=O) groups is 7. The van der Waals surface area contributed by atoms with Crippen LogP contribution in [-0.2, 0) is 33.6 Å². The van der Waals surface area contributed by atoms with Gasteiger partial charge >= 0.3 is 17.9 Å². The average molecular weight is 463 g/mol. The van der Waals surface area contributed by atoms with E-state index in [-0.39, 0.29) is 0 Å². The maximum atomic E-state index is 12.4. The first-order chi connectivity index (χ1) is 14.8. The number of carboxylic acid groups (broad SMARTS) is 3. The number of hydrogen-bond acceptors (Lipinski definition) is 9. The van der Waals surface area contributed by atoms with Gasteiger partial charge in [0.2, 0.25) is 23.6 Å². The molecule has 0 saturated heterocycles. The van der Waals surface area contributed by atoms with Crippen molar-refractivity contribution in [2.75, 3.05) is 6.61 Å². The normalized spacial score (nSPS) is 14.2. The van der Waals surface area contributed by atoms with Crippen LogP contribution in [0.1, 0.15) is 25.7 Å². The zero-order chi connectivity index (χ0) is 25.0. The second-order valence-corrected chi connectivity index (χ2v) is 6.51. The molecule has 0 aromatic rings. The van der Waals surface area contributed by atoms with Crippen LogP contribution in [0, 0.1) is 0 Å². The molecular weight excluding hydrogens is 438 g/mol. The summed E-state index contributed by atoms with van der Waals surface area (Å²) in [5.74, 6) is -9.09. The largest absolute Gasteiger partial charge is 0.481 e. The topological polar surface area (TPSA) is 289 Å². The Kier molecular flexibility index (Phi) is 11.9. The first kappa shape index (κ1) is 28.2. The summed E-state index contributed by atoms with van der Waals surface area (Å²) in [4.78, 5) is 80.7. The standard InChI is InChI=1S/C16H25N5O11/c17-6(5-22)13(28)20-9(4-12(26)27)15(30)21-8(3-10(18)23)14(29)19-7(16(31)32)1-2-11(24)25/h6-9,22H,1-5,17H2,(H2,18,23)(H,19,29)(H,20,28)(H,21,30)(H,24,25)(H,26,27)(H,31,32). The summed E-state index contributed by atoms with van der Waals surface area (Å²) in [5, 5.41) is 41.5. The molecule has 0 bridgehead atoms. The van der Waals surface area contributed by atoms with Crippen molar-refractivity contribution < 1.29 is 54.0 Å². The second-order valence-electron chi connectivity index (χ2n) is 6.51. The van der Waals surface area contributed by atoms with Gasteiger partial charge in [-0.25, -0.2) is 4.79 Å². The Hall–Kier alpha value is -3.79. The number of hydrogen-bond donors (Lipinski definition) is 9. The quantitative estimate of drug-likeness (QED) is 0.110. The third-order valence-electron chi connectivity index (χ3n) is 3.84. The Morgan fingerprint density at radius 2 is 1.19 bits per heavy atom. The molecule has 0 aromatic heterocycles. The Morgan fingerprint density at radius 3 is 1.59 bits per heavy atom. The molecule has 0 radical (unpaired) electrons. The molecule has 0 rings (SSSR count). The van der Waals surface area contributed by atoms with Crippen molar-refractivity contribution in [1.82, 2.24) is 16.0 Å². The smallest absolute Gasteiger partial charge is 0.326 e. The molecular formula is C16H25N5O11. The van der Waals surface area contributed by atoms with Crippen LogP contribution in [0.25, 0.3) is 0 Å². The molecule has 4 amide bonds. The summed E-state index contributed by atoms with van der Waals surface area (Å²) in [6.07, 6.45) is -2.91. The minimum atomic E-state index is -1.77. The van der Waals surface area contributed by atoms with Crippen molar-refractivity contribution in [3.63, 3.8) is 0 Å². The SMILES string of the molecule is NC(=O)CC(NC(=O)C(CC(=O)O)NC(=O)C(N)CO)C(=O)NC(CCC(=O)O)C(=O)O. The third-order valence-corrected chi connectivity index (χ3v) is 3.84. The molecule has 0 aromatic carbocycles. The highest BCUT2D eigenvalue weighted by atomic mass is 16.4. The van der Waals surface area contributed by atoms with Crippen molar-refractivity contribution in [2.24, 2.45) is 11.5 Å². The number of carbonyl (C=O) groups excluding carboxylic acids is 4. The van der Waals surface area contributed by atoms with Crippen molar-refractivity contribution in [3.05, 3.63) is 0 Å². The highest BCUT2D eigenvalue weighted by Gasteiger charge is 2.32. The minimum absolute atomic E-state index is 0.510. The summed E-state index contributed by atoms with van der Waals surface area (Å²) >= 11 is 0. The van der Waals surface area contributed by atoms with Gasteiger partial charge in [-0.1, -0.05) is 0 Å². The zero-order valence-electron chi connectivity index (χ0n) is 16.6. The van der Waals surface area contributed by atoms with E-state index in [1.54, 1.807) is 0 Å². The molecule has 0 fully saturated rings. The van der Waals surface area contributed by atoms with Gasteiger partial charge in [0.05, 0.1) is 19.4 Å². The lowest BCUT2D eigenvalue weighted by Gasteiger charge is -2.23. The molecule has 0 saturated carbocycles. The fourth-order valence-corrected chi connectivity index (χ4v) is 2.23. The molecule has 4 atom stereocenters. The fourth-order valence-electron chi connectivity index (χ4n) is 2.23. The van der Waals surface area contributed by atoms with Crippen LogP contribution in [0.2, 0.25) is 0 Å². The highest BCUT2D eigenvalue weighted by Crippen LogP contribution is 2.03. The van der Waals surface area contributed by atoms with Gasteiger partial charge in [0.1, 0.15) is 24.2 Å². The summed E-state index contributed by atoms with van der Waals surface area (Å²) < 4.78 is 0. The lowest BCUT2D eigenvalue weighted by molar-refractivity contribution is -0.144. The van der Waals surface area contributed by atoms with Gasteiger partial charge in [-0.05, 0) is 6.42 Å². The van der Waals surface area contributed by atoms with Gasteiger partial charge in [-0.3, -0.25) is 28.8 Å². The molecule has 11 N–H and O–H groups in total. The van der Waals surface area contributed by atoms with Crippen LogP contribution >= 0.6 is 0 Å². The third kappa shape index (κ3) is 10.8. The summed E-state index contributed by atoms with van der Waals surface area (Å²) in [7, 11) is 0. The lowest BCUT2D eigenvalue weighted by Crippen LogP contribution is -2.58. The van der Waals surface area contributed by atoms with Crippen LogP contribution in [-0.4, -0.2) is 92.7 Å². The first-order valence-corrected chi connectivity index (χ1v) is 9.00. The van der Waals surface area contributed by atoms with Crippen molar-refractivity contribution in [3.8, 4) is 0 Å². The van der Waals surface area contributed by atoms with Gasteiger partial charge in [0.25, 0.3) is 0 Å². The number of aliphatic hydroxyl groups excluding tert-OH is 1. The molecule has 180 valence electrons. The van der Waals surface area contributed by atoms with E-state index in [4.69, 9.17) is 31.9 Å². The molecule has 0 heterocycles. The Balaban J connectivity index is 5.51. The van der Waals surface area contributed by atoms with E-state index in [0.29, 0.717) is 0 Å². The fraction of sp³-hybridized carbons (Fsp3) is 0.562. The van der Waals surface area contributed by atoms with Crippen LogP contribution in [0.4, 0.5) is 0 Å². The lowest BCUT2D eigenvalue weighted by atomic mass is 10.1. The van der Waals surface area contributed by atoms with Gasteiger partial charge in [-0.15, -0.1) is 0 Å². The first-order valence-electron chi connectivity index (χ1n) is 9.00. The van der Waals surface area contributed by atoms with Gasteiger partial charge in [0, 0.05) is 6.42 Å². The molecule has 4 unspecified atom stereocenters. The van der Waals surface area contributed by atoms with E-state index < -0.39 is 98.0 Å². The highest BCUT2D eigenvalue weighted by molar-refractivity contribution is 5.97. The summed E-state index contributed by atoms with van der Waals surface area (Å²) in [6.45, 7) is -0.813. The Morgan fingerprint density at radius 1 is 0.719 bits per heavy atom. The number of aliphatic hydroxyl groups is 1. The van der Waals surface area contributed by atoms with Crippen LogP contribution in [0.3, 0.4) is 0 Å². The van der Waals surface area contributed by atoms with Crippen molar-refractivity contribution in [1.29, 1.82) is 0 Å². The van der Waals surface area contributed by atoms with Crippen LogP contribution in [0.5, 0.6) is 0 Å². The molecule has 0 aliphatic heterocycles. The number of amides is 4. The van der Waals surface area contributed by atoms with E-state index >= 15 is 0 Å². The number of nitrogens with one attached hydrogen (secondary N) is 3. The summed E-state index contributed by atoms with van der Waals surface area (Å²) in [6, 6.07) is -6.70. The molecule has 16 heteroatoms. The maximum absolute atomic E-state index is 12.4. The van der Waals surface area contributed by atoms with Crippen molar-refractivity contribution in [2.45, 2.75) is 49.9 Å². The number of rotatable bonds is 15. The van der Waals surface area contributed by atoms with E-state index in [1.807, 2.05) is 16.0 Å². The number of aliphatic carboxylic acids is 3. The Labute approximate surface area is 180 Å². The monoisotopic (exact) mass is 463 g/mol. The van der Waals surface area contributed by atoms with Crippen LogP contribution in [0.15, 0.2) is 0 Å². The molecule has 0 aliphatic rings. The van der Waals surface area contributed by atoms with Crippen molar-refractivity contribution >= 4 is 41.5 Å². The van der Waals surface area contributed by atoms with Gasteiger partial charge in [-0.2, -0.15) is 0 Å². The number of carboxylic acids is 3. The van der Waals surface area contributed by atoms with Gasteiger partial charge in [0.15, 0.2) is 0 Å². The number of nitrogens with two attached hydrogens (primary N) is 2. The Bertz CT molecular complexity index is 757. The molecule has 32 heavy (non-hydrogen) atoms. The molecule has 0 spiro atoms. The summed E-state index contributed by atoms with van der Waals surface area (Å²) in [5.41, 5.74) is 10.3. The predicted molar refractivity (Wildman–Crippen MR) is 101 cm³/mol. The average Bonchev–Trinajstić information content (AvgIpc) is 2.67. The van der Waals surface area contributed by atoms with Crippen LogP contribution < -0.4 is 27.4 Å². The number of primary amides is 1. The minimum Gasteiger partial charge on any atom is -0.481 e. The van der Waals surface area contributed by atoms with E-state index in [0.717, 1.165) is 0 Å². The molecule has 16 nitrogen and oxygen atoms in total. The van der Waals surface area contributed by atoms with E-state index in [2.05, 4.69) is 0 Å². The van der Waals surface area contributed by atoms with E-state index in [9.17, 15) is 33.6 Å². The van der Waals surface area contributed by atoms with E-state index in [1.165, 1.54) is 0 Å². The predicted octanol–water partition coefficient (Wildman–Crippen LogP) is -4.94. The maximum Gasteiger partial charge on any atom is 0.326 e. The van der Waals surface area contributed by atoms with Gasteiger partial charge < -0.3 is 47.8 Å². The molecule has 0 aliphatic carbocycles. The zero-order valence-corrected chi connectivity index (χ0v) is 16.6.